The number of nitrogens with one attached hydrogen (secondary N) is 2. The number of rotatable bonds is 7. The van der Waals surface area contributed by atoms with Crippen molar-refractivity contribution in [2.45, 2.75) is 51.3 Å². The van der Waals surface area contributed by atoms with Crippen LogP contribution in [0.5, 0.6) is 5.75 Å². The van der Waals surface area contributed by atoms with E-state index >= 15 is 0 Å². The molecule has 0 aliphatic heterocycles. The highest BCUT2D eigenvalue weighted by Crippen LogP contribution is 2.26. The summed E-state index contributed by atoms with van der Waals surface area (Å²) in [6.07, 6.45) is 2.59. The van der Waals surface area contributed by atoms with Gasteiger partial charge in [0.1, 0.15) is 12.4 Å². The van der Waals surface area contributed by atoms with Crippen molar-refractivity contribution in [1.82, 2.24) is 10.6 Å². The van der Waals surface area contributed by atoms with Crippen LogP contribution in [0.15, 0.2) is 54.6 Å². The van der Waals surface area contributed by atoms with Crippen molar-refractivity contribution in [3.05, 3.63) is 65.7 Å². The maximum absolute atomic E-state index is 12.4. The molecule has 6 nitrogen and oxygen atoms in total. The Morgan fingerprint density at radius 3 is 2.38 bits per heavy atom. The van der Waals surface area contributed by atoms with Gasteiger partial charge < -0.3 is 20.5 Å². The van der Waals surface area contributed by atoms with Crippen molar-refractivity contribution in [3.63, 3.8) is 0 Å². The molecule has 154 valence electrons. The summed E-state index contributed by atoms with van der Waals surface area (Å²) >= 11 is 0. The summed E-state index contributed by atoms with van der Waals surface area (Å²) in [7, 11) is 0. The first-order chi connectivity index (χ1) is 14.0. The van der Waals surface area contributed by atoms with Crippen molar-refractivity contribution in [2.24, 2.45) is 5.92 Å². The van der Waals surface area contributed by atoms with Gasteiger partial charge in [-0.25, -0.2) is 4.79 Å². The van der Waals surface area contributed by atoms with E-state index in [1.54, 1.807) is 0 Å². The first kappa shape index (κ1) is 20.7. The summed E-state index contributed by atoms with van der Waals surface area (Å²) in [5.74, 6) is -0.288. The van der Waals surface area contributed by atoms with Gasteiger partial charge in [0.15, 0.2) is 0 Å². The van der Waals surface area contributed by atoms with Crippen LogP contribution in [0.3, 0.4) is 0 Å². The zero-order chi connectivity index (χ0) is 20.6. The maximum Gasteiger partial charge on any atom is 0.315 e. The van der Waals surface area contributed by atoms with Crippen LogP contribution in [-0.4, -0.2) is 23.1 Å². The van der Waals surface area contributed by atoms with E-state index in [-0.39, 0.29) is 24.0 Å². The number of carbonyl (C=O) groups is 2. The smallest absolute Gasteiger partial charge is 0.315 e. The van der Waals surface area contributed by atoms with E-state index < -0.39 is 5.97 Å². The summed E-state index contributed by atoms with van der Waals surface area (Å²) in [4.78, 5) is 23.5. The molecule has 2 aromatic carbocycles. The van der Waals surface area contributed by atoms with Gasteiger partial charge in [-0.2, -0.15) is 0 Å². The SMILES string of the molecule is C[C@@H](NC(=O)NC1CCC(C(=O)O)CC1)c1ccccc1OCc1ccccc1. The van der Waals surface area contributed by atoms with E-state index in [4.69, 9.17) is 9.84 Å². The standard InChI is InChI=1S/C23H28N2O4/c1-16(24-23(28)25-19-13-11-18(12-14-19)22(26)27)20-9-5-6-10-21(20)29-15-17-7-3-2-4-8-17/h2-10,16,18-19H,11-15H2,1H3,(H,26,27)(H2,24,25,28)/t16-,18?,19?/m1/s1. The Morgan fingerprint density at radius 2 is 1.69 bits per heavy atom. The van der Waals surface area contributed by atoms with Gasteiger partial charge in [0.25, 0.3) is 0 Å². The van der Waals surface area contributed by atoms with Gasteiger partial charge >= 0.3 is 12.0 Å². The second-order valence-corrected chi connectivity index (χ2v) is 7.54. The van der Waals surface area contributed by atoms with Gasteiger partial charge in [-0.05, 0) is 44.2 Å². The Hall–Kier alpha value is -3.02. The van der Waals surface area contributed by atoms with Crippen molar-refractivity contribution in [3.8, 4) is 5.75 Å². The Kier molecular flexibility index (Phi) is 7.11. The van der Waals surface area contributed by atoms with Crippen LogP contribution in [-0.2, 0) is 11.4 Å². The number of hydrogen-bond donors (Lipinski definition) is 3. The highest BCUT2D eigenvalue weighted by Gasteiger charge is 2.27. The minimum absolute atomic E-state index is 0.0161. The molecule has 1 aliphatic rings. The fourth-order valence-electron chi connectivity index (χ4n) is 3.69. The predicted molar refractivity (Wildman–Crippen MR) is 111 cm³/mol. The lowest BCUT2D eigenvalue weighted by molar-refractivity contribution is -0.142. The number of hydrogen-bond acceptors (Lipinski definition) is 3. The molecule has 0 unspecified atom stereocenters. The van der Waals surface area contributed by atoms with Crippen LogP contribution in [0.4, 0.5) is 4.79 Å². The normalized spacial score (nSPS) is 19.8. The van der Waals surface area contributed by atoms with E-state index in [1.807, 2.05) is 61.5 Å². The van der Waals surface area contributed by atoms with Gasteiger partial charge in [-0.3, -0.25) is 4.79 Å². The largest absolute Gasteiger partial charge is 0.489 e. The number of urea groups is 1. The molecule has 1 fully saturated rings. The van der Waals surface area contributed by atoms with E-state index in [9.17, 15) is 9.59 Å². The van der Waals surface area contributed by atoms with Crippen LogP contribution in [0.1, 0.15) is 49.8 Å². The Labute approximate surface area is 171 Å². The van der Waals surface area contributed by atoms with Crippen molar-refractivity contribution < 1.29 is 19.4 Å². The molecule has 0 heterocycles. The molecule has 1 aliphatic carbocycles. The van der Waals surface area contributed by atoms with Gasteiger partial charge in [0.2, 0.25) is 0 Å². The summed E-state index contributed by atoms with van der Waals surface area (Å²) in [6.45, 7) is 2.38. The van der Waals surface area contributed by atoms with Gasteiger partial charge in [0, 0.05) is 11.6 Å². The molecule has 0 aromatic heterocycles. The minimum Gasteiger partial charge on any atom is -0.489 e. The van der Waals surface area contributed by atoms with E-state index in [2.05, 4.69) is 10.6 Å². The number of aliphatic carboxylic acids is 1. The average Bonchev–Trinajstić information content (AvgIpc) is 2.73. The maximum atomic E-state index is 12.4. The second kappa shape index (κ2) is 9.96. The topological polar surface area (TPSA) is 87.7 Å². The number of carboxylic acids is 1. The molecule has 0 bridgehead atoms. The number of para-hydroxylation sites is 1. The van der Waals surface area contributed by atoms with E-state index in [0.717, 1.165) is 16.9 Å². The molecule has 0 spiro atoms. The molecule has 1 saturated carbocycles. The predicted octanol–water partition coefficient (Wildman–Crippen LogP) is 4.27. The average molecular weight is 396 g/mol. The van der Waals surface area contributed by atoms with Crippen LogP contribution >= 0.6 is 0 Å². The molecular weight excluding hydrogens is 368 g/mol. The fraction of sp³-hybridized carbons (Fsp3) is 0.391. The quantitative estimate of drug-likeness (QED) is 0.652. The number of amides is 2. The highest BCUT2D eigenvalue weighted by molar-refractivity contribution is 5.75. The van der Waals surface area contributed by atoms with Gasteiger partial charge in [-0.1, -0.05) is 48.5 Å². The molecule has 6 heteroatoms. The van der Waals surface area contributed by atoms with Crippen LogP contribution in [0, 0.1) is 5.92 Å². The van der Waals surface area contributed by atoms with Crippen molar-refractivity contribution in [2.75, 3.05) is 0 Å². The highest BCUT2D eigenvalue weighted by atomic mass is 16.5. The molecule has 2 aromatic rings. The van der Waals surface area contributed by atoms with E-state index in [1.165, 1.54) is 0 Å². The Balaban J connectivity index is 1.53. The van der Waals surface area contributed by atoms with Crippen LogP contribution in [0.2, 0.25) is 0 Å². The lowest BCUT2D eigenvalue weighted by Gasteiger charge is -2.27. The van der Waals surface area contributed by atoms with Crippen LogP contribution < -0.4 is 15.4 Å². The number of carbonyl (C=O) groups excluding carboxylic acids is 1. The van der Waals surface area contributed by atoms with Crippen molar-refractivity contribution in [1.29, 1.82) is 0 Å². The third-order valence-corrected chi connectivity index (χ3v) is 5.38. The van der Waals surface area contributed by atoms with E-state index in [0.29, 0.717) is 32.3 Å². The number of ether oxygens (including phenoxy) is 1. The molecule has 2 amide bonds. The Bertz CT molecular complexity index is 817. The first-order valence-electron chi connectivity index (χ1n) is 10.1. The third kappa shape index (κ3) is 5.98. The number of carboxylic acid groups (broad SMARTS) is 1. The van der Waals surface area contributed by atoms with Gasteiger partial charge in [-0.15, -0.1) is 0 Å². The molecular formula is C23H28N2O4. The summed E-state index contributed by atoms with van der Waals surface area (Å²) in [5.41, 5.74) is 1.99. The fourth-order valence-corrected chi connectivity index (χ4v) is 3.69. The molecule has 3 rings (SSSR count). The molecule has 0 saturated heterocycles. The second-order valence-electron chi connectivity index (χ2n) is 7.54. The molecule has 1 atom stereocenters. The third-order valence-electron chi connectivity index (χ3n) is 5.38. The summed E-state index contributed by atoms with van der Waals surface area (Å²) in [5, 5.41) is 15.0. The zero-order valence-electron chi connectivity index (χ0n) is 16.6. The van der Waals surface area contributed by atoms with Gasteiger partial charge in [0.05, 0.1) is 12.0 Å². The lowest BCUT2D eigenvalue weighted by atomic mass is 9.86. The first-order valence-corrected chi connectivity index (χ1v) is 10.1. The zero-order valence-corrected chi connectivity index (χ0v) is 16.6. The molecule has 0 radical (unpaired) electrons. The minimum atomic E-state index is -0.742. The summed E-state index contributed by atoms with van der Waals surface area (Å²) in [6, 6.07) is 17.2. The summed E-state index contributed by atoms with van der Waals surface area (Å²) < 4.78 is 5.98. The van der Waals surface area contributed by atoms with Crippen molar-refractivity contribution >= 4 is 12.0 Å². The number of benzene rings is 2. The molecule has 3 N–H and O–H groups in total. The molecule has 29 heavy (non-hydrogen) atoms. The monoisotopic (exact) mass is 396 g/mol. The lowest BCUT2D eigenvalue weighted by Crippen LogP contribution is -2.44. The Morgan fingerprint density at radius 1 is 1.03 bits per heavy atom. The van der Waals surface area contributed by atoms with Crippen LogP contribution in [0.25, 0.3) is 0 Å².